The molecule has 34 heavy (non-hydrogen) atoms. The number of carbonyl (C=O) groups is 1. The number of nitrogens with one attached hydrogen (secondary N) is 2. The third-order valence-corrected chi connectivity index (χ3v) is 5.88. The minimum Gasteiger partial charge on any atom is -0.439 e. The zero-order valence-corrected chi connectivity index (χ0v) is 18.6. The van der Waals surface area contributed by atoms with Crippen molar-refractivity contribution >= 4 is 22.6 Å². The van der Waals surface area contributed by atoms with Crippen molar-refractivity contribution in [3.05, 3.63) is 72.3 Å². The lowest BCUT2D eigenvalue weighted by molar-refractivity contribution is -0.0584. The average Bonchev–Trinajstić information content (AvgIpc) is 3.30. The van der Waals surface area contributed by atoms with Gasteiger partial charge in [-0.1, -0.05) is 6.07 Å². The van der Waals surface area contributed by atoms with Crippen molar-refractivity contribution in [1.29, 1.82) is 0 Å². The van der Waals surface area contributed by atoms with Gasteiger partial charge in [-0.05, 0) is 50.1 Å². The molecule has 0 radical (unpaired) electrons. The van der Waals surface area contributed by atoms with Crippen LogP contribution in [0.15, 0.2) is 61.2 Å². The van der Waals surface area contributed by atoms with Gasteiger partial charge in [-0.15, -0.1) is 0 Å². The highest BCUT2D eigenvalue weighted by molar-refractivity contribution is 6.18. The summed E-state index contributed by atoms with van der Waals surface area (Å²) in [5.41, 5.74) is 1.58. The second-order valence-corrected chi connectivity index (χ2v) is 8.30. The highest BCUT2D eigenvalue weighted by Gasteiger charge is 2.26. The Morgan fingerprint density at radius 2 is 2.03 bits per heavy atom. The molecule has 0 aliphatic carbocycles. The molecule has 0 unspecified atom stereocenters. The van der Waals surface area contributed by atoms with Crippen LogP contribution in [-0.2, 0) is 4.74 Å². The van der Waals surface area contributed by atoms with E-state index in [2.05, 4.69) is 25.3 Å². The first-order valence-electron chi connectivity index (χ1n) is 11.2. The fourth-order valence-corrected chi connectivity index (χ4v) is 4.07. The summed E-state index contributed by atoms with van der Waals surface area (Å²) in [5, 5.41) is 13.8. The third-order valence-electron chi connectivity index (χ3n) is 5.88. The van der Waals surface area contributed by atoms with Crippen molar-refractivity contribution in [2.24, 2.45) is 0 Å². The number of pyridine rings is 1. The molecule has 9 heteroatoms. The first-order chi connectivity index (χ1) is 16.6. The number of aliphatic hydroxyl groups excluding tert-OH is 1. The predicted molar refractivity (Wildman–Crippen MR) is 126 cm³/mol. The molecule has 0 bridgehead atoms. The third kappa shape index (κ3) is 4.61. The number of aliphatic hydroxyl groups is 1. The van der Waals surface area contributed by atoms with Crippen molar-refractivity contribution < 1.29 is 19.4 Å². The summed E-state index contributed by atoms with van der Waals surface area (Å²) in [7, 11) is 0. The number of nitrogens with zero attached hydrogens (tertiary/aromatic N) is 3. The predicted octanol–water partition coefficient (Wildman–Crippen LogP) is 3.72. The Hall–Kier alpha value is -3.82. The largest absolute Gasteiger partial charge is 0.439 e. The van der Waals surface area contributed by atoms with Gasteiger partial charge in [0, 0.05) is 24.0 Å². The number of rotatable bonds is 7. The van der Waals surface area contributed by atoms with Crippen LogP contribution in [-0.4, -0.2) is 55.7 Å². The first-order valence-corrected chi connectivity index (χ1v) is 11.2. The number of ether oxygens (including phenoxy) is 2. The lowest BCUT2D eigenvalue weighted by atomic mass is 10.0. The highest BCUT2D eigenvalue weighted by Crippen LogP contribution is 2.28. The molecule has 1 fully saturated rings. The maximum Gasteiger partial charge on any atom is 0.219 e. The summed E-state index contributed by atoms with van der Waals surface area (Å²) in [6.07, 6.45) is 5.69. The number of anilines is 1. The van der Waals surface area contributed by atoms with Crippen LogP contribution in [0.2, 0.25) is 0 Å². The van der Waals surface area contributed by atoms with Gasteiger partial charge in [0.25, 0.3) is 0 Å². The molecule has 1 aliphatic rings. The minimum absolute atomic E-state index is 0.0222. The smallest absolute Gasteiger partial charge is 0.219 e. The van der Waals surface area contributed by atoms with E-state index in [-0.39, 0.29) is 17.9 Å². The fourth-order valence-electron chi connectivity index (χ4n) is 4.07. The first kappa shape index (κ1) is 22.0. The Bertz CT molecular complexity index is 1270. The number of hydrogen-bond donors (Lipinski definition) is 3. The summed E-state index contributed by atoms with van der Waals surface area (Å²) < 4.78 is 11.5. The number of fused-ring (bicyclic) bond motifs is 1. The number of hydrogen-bond acceptors (Lipinski definition) is 8. The molecule has 1 saturated heterocycles. The number of aromatic nitrogens is 4. The van der Waals surface area contributed by atoms with Crippen molar-refractivity contribution in [3.63, 3.8) is 0 Å². The van der Waals surface area contributed by atoms with E-state index in [0.717, 1.165) is 12.8 Å². The number of benzene rings is 1. The lowest BCUT2D eigenvalue weighted by Gasteiger charge is -2.31. The van der Waals surface area contributed by atoms with Gasteiger partial charge in [0.2, 0.25) is 5.88 Å². The standard InChI is InChI=1S/C25H25N5O4/c1-15(31)20-10-7-17(13-33-20)30-25-22-19(12-27-24(22)28-14-29-25)23(32)16-5-8-18(9-6-16)34-21-4-2-3-11-26-21/h2-6,8-9,11-12,14-15,17,20,31H,7,10,13H2,1H3,(H2,27,28,29,30)/t15-,17-,20+/m1/s1. The molecule has 0 spiro atoms. The fraction of sp³-hybridized carbons (Fsp3) is 0.280. The van der Waals surface area contributed by atoms with Crippen LogP contribution in [0.1, 0.15) is 35.7 Å². The summed E-state index contributed by atoms with van der Waals surface area (Å²) >= 11 is 0. The number of H-pyrrole nitrogens is 1. The Morgan fingerprint density at radius 3 is 2.74 bits per heavy atom. The van der Waals surface area contributed by atoms with Gasteiger partial charge in [0.15, 0.2) is 5.78 Å². The molecule has 0 saturated carbocycles. The van der Waals surface area contributed by atoms with Crippen LogP contribution in [0.5, 0.6) is 11.6 Å². The van der Waals surface area contributed by atoms with Crippen LogP contribution >= 0.6 is 0 Å². The Kier molecular flexibility index (Phi) is 6.20. The van der Waals surface area contributed by atoms with Crippen molar-refractivity contribution in [1.82, 2.24) is 19.9 Å². The van der Waals surface area contributed by atoms with E-state index in [1.165, 1.54) is 6.33 Å². The number of carbonyl (C=O) groups excluding carboxylic acids is 1. The SMILES string of the molecule is C[C@@H](O)[C@@H]1CC[C@@H](Nc2ncnc3[nH]cc(C(=O)c4ccc(Oc5ccccn5)cc4)c23)CO1. The van der Waals surface area contributed by atoms with Crippen molar-refractivity contribution in [3.8, 4) is 11.6 Å². The average molecular weight is 460 g/mol. The zero-order valence-electron chi connectivity index (χ0n) is 18.6. The minimum atomic E-state index is -0.499. The van der Waals surface area contributed by atoms with Gasteiger partial charge in [-0.25, -0.2) is 15.0 Å². The van der Waals surface area contributed by atoms with Crippen LogP contribution in [0.25, 0.3) is 11.0 Å². The van der Waals surface area contributed by atoms with E-state index in [4.69, 9.17) is 9.47 Å². The molecular formula is C25H25N5O4. The molecule has 3 N–H and O–H groups in total. The van der Waals surface area contributed by atoms with Gasteiger partial charge in [-0.3, -0.25) is 4.79 Å². The zero-order chi connectivity index (χ0) is 23.5. The second kappa shape index (κ2) is 9.58. The molecule has 3 atom stereocenters. The molecule has 0 amide bonds. The van der Waals surface area contributed by atoms with Crippen molar-refractivity contribution in [2.75, 3.05) is 11.9 Å². The maximum absolute atomic E-state index is 13.3. The van der Waals surface area contributed by atoms with E-state index in [1.807, 2.05) is 12.1 Å². The van der Waals surface area contributed by atoms with E-state index in [0.29, 0.717) is 46.2 Å². The van der Waals surface area contributed by atoms with E-state index < -0.39 is 6.10 Å². The molecule has 3 aromatic heterocycles. The van der Waals surface area contributed by atoms with Crippen LogP contribution < -0.4 is 10.1 Å². The monoisotopic (exact) mass is 459 g/mol. The molecule has 1 aromatic carbocycles. The second-order valence-electron chi connectivity index (χ2n) is 8.30. The van der Waals surface area contributed by atoms with Crippen molar-refractivity contribution in [2.45, 2.75) is 38.0 Å². The molecule has 5 rings (SSSR count). The normalized spacial score (nSPS) is 19.0. The number of aromatic amines is 1. The van der Waals surface area contributed by atoms with Gasteiger partial charge in [0.1, 0.15) is 23.5 Å². The van der Waals surface area contributed by atoms with E-state index in [9.17, 15) is 9.90 Å². The molecule has 4 aromatic rings. The topological polar surface area (TPSA) is 122 Å². The molecule has 9 nitrogen and oxygen atoms in total. The van der Waals surface area contributed by atoms with Gasteiger partial charge in [0.05, 0.1) is 35.8 Å². The van der Waals surface area contributed by atoms with Crippen LogP contribution in [0, 0.1) is 0 Å². The quantitative estimate of drug-likeness (QED) is 0.358. The van der Waals surface area contributed by atoms with E-state index >= 15 is 0 Å². The Balaban J connectivity index is 1.35. The van der Waals surface area contributed by atoms with Gasteiger partial charge in [-0.2, -0.15) is 0 Å². The van der Waals surface area contributed by atoms with Gasteiger partial charge < -0.3 is 24.9 Å². The van der Waals surface area contributed by atoms with Gasteiger partial charge >= 0.3 is 0 Å². The highest BCUT2D eigenvalue weighted by atomic mass is 16.5. The summed E-state index contributed by atoms with van der Waals surface area (Å²) in [5.74, 6) is 1.50. The summed E-state index contributed by atoms with van der Waals surface area (Å²) in [6.45, 7) is 2.19. The summed E-state index contributed by atoms with van der Waals surface area (Å²) in [4.78, 5) is 29.2. The van der Waals surface area contributed by atoms with Crippen LogP contribution in [0.4, 0.5) is 5.82 Å². The van der Waals surface area contributed by atoms with E-state index in [1.54, 1.807) is 49.6 Å². The molecule has 4 heterocycles. The molecule has 1 aliphatic heterocycles. The molecule has 174 valence electrons. The Morgan fingerprint density at radius 1 is 1.18 bits per heavy atom. The van der Waals surface area contributed by atoms with Crippen LogP contribution in [0.3, 0.4) is 0 Å². The molecular weight excluding hydrogens is 434 g/mol. The maximum atomic E-state index is 13.3. The Labute approximate surface area is 196 Å². The summed E-state index contributed by atoms with van der Waals surface area (Å²) in [6, 6.07) is 12.4. The number of ketones is 1. The lowest BCUT2D eigenvalue weighted by Crippen LogP contribution is -2.39.